The SMILES string of the molecule is Cc1cc(OCc2nnc3n2CCCC3)ccc1F. The Bertz CT molecular complexity index is 594. The smallest absolute Gasteiger partial charge is 0.171 e. The van der Waals surface area contributed by atoms with Gasteiger partial charge >= 0.3 is 0 Å². The fraction of sp³-hybridized carbons (Fsp3) is 0.429. The van der Waals surface area contributed by atoms with E-state index in [0.29, 0.717) is 17.9 Å². The number of aromatic nitrogens is 3. The van der Waals surface area contributed by atoms with Crippen molar-refractivity contribution in [2.75, 3.05) is 0 Å². The number of ether oxygens (including phenoxy) is 1. The summed E-state index contributed by atoms with van der Waals surface area (Å²) in [5.41, 5.74) is 0.584. The Balaban J connectivity index is 1.72. The molecule has 0 N–H and O–H groups in total. The van der Waals surface area contributed by atoms with Crippen LogP contribution in [0.1, 0.15) is 30.1 Å². The molecule has 0 amide bonds. The van der Waals surface area contributed by atoms with Gasteiger partial charge in [-0.15, -0.1) is 10.2 Å². The first-order chi connectivity index (χ1) is 9.24. The lowest BCUT2D eigenvalue weighted by Crippen LogP contribution is -2.14. The molecule has 0 saturated heterocycles. The van der Waals surface area contributed by atoms with E-state index in [2.05, 4.69) is 14.8 Å². The van der Waals surface area contributed by atoms with Crippen molar-refractivity contribution in [3.8, 4) is 5.75 Å². The quantitative estimate of drug-likeness (QED) is 0.852. The molecule has 5 heteroatoms. The van der Waals surface area contributed by atoms with Crippen molar-refractivity contribution in [3.63, 3.8) is 0 Å². The summed E-state index contributed by atoms with van der Waals surface area (Å²) in [6, 6.07) is 4.75. The second-order valence-corrected chi connectivity index (χ2v) is 4.84. The molecule has 1 aromatic heterocycles. The van der Waals surface area contributed by atoms with Gasteiger partial charge in [0.05, 0.1) is 0 Å². The molecule has 100 valence electrons. The van der Waals surface area contributed by atoms with Crippen LogP contribution in [-0.2, 0) is 19.6 Å². The predicted octanol–water partition coefficient (Wildman–Crippen LogP) is 2.64. The van der Waals surface area contributed by atoms with Crippen LogP contribution in [0.2, 0.25) is 0 Å². The lowest BCUT2D eigenvalue weighted by molar-refractivity contribution is 0.285. The maximum Gasteiger partial charge on any atom is 0.171 e. The van der Waals surface area contributed by atoms with Gasteiger partial charge in [0.1, 0.15) is 24.0 Å². The van der Waals surface area contributed by atoms with E-state index in [9.17, 15) is 4.39 Å². The van der Waals surface area contributed by atoms with E-state index in [1.165, 1.54) is 12.5 Å². The molecule has 3 rings (SSSR count). The first kappa shape index (κ1) is 12.1. The van der Waals surface area contributed by atoms with Crippen molar-refractivity contribution < 1.29 is 9.13 Å². The molecule has 0 spiro atoms. The van der Waals surface area contributed by atoms with Crippen LogP contribution in [0.5, 0.6) is 5.75 Å². The van der Waals surface area contributed by atoms with E-state index >= 15 is 0 Å². The Morgan fingerprint density at radius 1 is 1.32 bits per heavy atom. The van der Waals surface area contributed by atoms with E-state index in [4.69, 9.17) is 4.74 Å². The number of benzene rings is 1. The molecule has 1 aliphatic rings. The van der Waals surface area contributed by atoms with Crippen LogP contribution in [0.25, 0.3) is 0 Å². The summed E-state index contributed by atoms with van der Waals surface area (Å²) in [5, 5.41) is 8.34. The van der Waals surface area contributed by atoms with Crippen molar-refractivity contribution in [1.82, 2.24) is 14.8 Å². The molecule has 0 fully saturated rings. The summed E-state index contributed by atoms with van der Waals surface area (Å²) in [6.45, 7) is 3.06. The van der Waals surface area contributed by atoms with Gasteiger partial charge in [0.25, 0.3) is 0 Å². The van der Waals surface area contributed by atoms with Crippen LogP contribution in [0.4, 0.5) is 4.39 Å². The normalized spacial score (nSPS) is 14.2. The number of nitrogens with zero attached hydrogens (tertiary/aromatic N) is 3. The molecule has 0 radical (unpaired) electrons. The molecule has 2 heterocycles. The fourth-order valence-corrected chi connectivity index (χ4v) is 2.33. The molecular formula is C14H16FN3O. The Kier molecular flexibility index (Phi) is 3.19. The summed E-state index contributed by atoms with van der Waals surface area (Å²) in [6.07, 6.45) is 3.33. The maximum atomic E-state index is 13.2. The Morgan fingerprint density at radius 2 is 2.21 bits per heavy atom. The third-order valence-electron chi connectivity index (χ3n) is 3.43. The van der Waals surface area contributed by atoms with E-state index in [0.717, 1.165) is 31.0 Å². The minimum atomic E-state index is -0.216. The van der Waals surface area contributed by atoms with E-state index in [-0.39, 0.29) is 5.82 Å². The third kappa shape index (κ3) is 2.45. The zero-order valence-electron chi connectivity index (χ0n) is 10.9. The molecular weight excluding hydrogens is 245 g/mol. The summed E-state index contributed by atoms with van der Waals surface area (Å²) >= 11 is 0. The summed E-state index contributed by atoms with van der Waals surface area (Å²) in [5.74, 6) is 2.33. The van der Waals surface area contributed by atoms with Crippen molar-refractivity contribution in [3.05, 3.63) is 41.2 Å². The minimum Gasteiger partial charge on any atom is -0.486 e. The van der Waals surface area contributed by atoms with Crippen LogP contribution >= 0.6 is 0 Å². The minimum absolute atomic E-state index is 0.216. The highest BCUT2D eigenvalue weighted by atomic mass is 19.1. The van der Waals surface area contributed by atoms with E-state index in [1.54, 1.807) is 19.1 Å². The third-order valence-corrected chi connectivity index (χ3v) is 3.43. The summed E-state index contributed by atoms with van der Waals surface area (Å²) in [4.78, 5) is 0. The maximum absolute atomic E-state index is 13.2. The molecule has 2 aromatic rings. The van der Waals surface area contributed by atoms with Crippen LogP contribution in [0.3, 0.4) is 0 Å². The van der Waals surface area contributed by atoms with Crippen molar-refractivity contribution >= 4 is 0 Å². The van der Waals surface area contributed by atoms with Gasteiger partial charge in [-0.2, -0.15) is 0 Å². The highest BCUT2D eigenvalue weighted by Gasteiger charge is 2.15. The second kappa shape index (κ2) is 4.99. The summed E-state index contributed by atoms with van der Waals surface area (Å²) < 4.78 is 20.9. The van der Waals surface area contributed by atoms with Gasteiger partial charge in [0, 0.05) is 13.0 Å². The average Bonchev–Trinajstić information content (AvgIpc) is 2.83. The van der Waals surface area contributed by atoms with Gasteiger partial charge in [-0.3, -0.25) is 0 Å². The Morgan fingerprint density at radius 3 is 3.05 bits per heavy atom. The van der Waals surface area contributed by atoms with Crippen molar-refractivity contribution in [2.24, 2.45) is 0 Å². The number of hydrogen-bond acceptors (Lipinski definition) is 3. The lowest BCUT2D eigenvalue weighted by atomic mass is 10.2. The highest BCUT2D eigenvalue weighted by Crippen LogP contribution is 2.19. The molecule has 0 unspecified atom stereocenters. The van der Waals surface area contributed by atoms with Crippen LogP contribution in [-0.4, -0.2) is 14.8 Å². The van der Waals surface area contributed by atoms with E-state index in [1.807, 2.05) is 0 Å². The zero-order valence-corrected chi connectivity index (χ0v) is 10.9. The molecule has 1 aromatic carbocycles. The fourth-order valence-electron chi connectivity index (χ4n) is 2.33. The molecule has 0 bridgehead atoms. The van der Waals surface area contributed by atoms with Crippen LogP contribution < -0.4 is 4.74 Å². The zero-order chi connectivity index (χ0) is 13.2. The molecule has 4 nitrogen and oxygen atoms in total. The molecule has 0 saturated carbocycles. The first-order valence-electron chi connectivity index (χ1n) is 6.54. The lowest BCUT2D eigenvalue weighted by Gasteiger charge is -2.15. The van der Waals surface area contributed by atoms with Crippen molar-refractivity contribution in [1.29, 1.82) is 0 Å². The highest BCUT2D eigenvalue weighted by molar-refractivity contribution is 5.28. The molecule has 19 heavy (non-hydrogen) atoms. The number of halogens is 1. The molecule has 1 aliphatic heterocycles. The van der Waals surface area contributed by atoms with E-state index < -0.39 is 0 Å². The average molecular weight is 261 g/mol. The van der Waals surface area contributed by atoms with Gasteiger partial charge in [-0.25, -0.2) is 4.39 Å². The summed E-state index contributed by atoms with van der Waals surface area (Å²) in [7, 11) is 0. The van der Waals surface area contributed by atoms with Gasteiger partial charge < -0.3 is 9.30 Å². The van der Waals surface area contributed by atoms with Gasteiger partial charge in [0.2, 0.25) is 0 Å². The van der Waals surface area contributed by atoms with Gasteiger partial charge in [-0.1, -0.05) is 0 Å². The Hall–Kier alpha value is -1.91. The second-order valence-electron chi connectivity index (χ2n) is 4.84. The van der Waals surface area contributed by atoms with Crippen molar-refractivity contribution in [2.45, 2.75) is 39.3 Å². The number of hydrogen-bond donors (Lipinski definition) is 0. The first-order valence-corrected chi connectivity index (χ1v) is 6.54. The Labute approximate surface area is 111 Å². The number of fused-ring (bicyclic) bond motifs is 1. The molecule has 0 atom stereocenters. The van der Waals surface area contributed by atoms with Gasteiger partial charge in [-0.05, 0) is 43.5 Å². The van der Waals surface area contributed by atoms with Crippen LogP contribution in [0.15, 0.2) is 18.2 Å². The largest absolute Gasteiger partial charge is 0.486 e. The van der Waals surface area contributed by atoms with Crippen LogP contribution in [0, 0.1) is 12.7 Å². The standard InChI is InChI=1S/C14H16FN3O/c1-10-8-11(5-6-12(10)15)19-9-14-17-16-13-4-2-3-7-18(13)14/h5-6,8H,2-4,7,9H2,1H3. The van der Waals surface area contributed by atoms with Gasteiger partial charge in [0.15, 0.2) is 5.82 Å². The molecule has 0 aliphatic carbocycles. The number of aryl methyl sites for hydroxylation is 2. The monoisotopic (exact) mass is 261 g/mol. The topological polar surface area (TPSA) is 39.9 Å². The number of rotatable bonds is 3. The predicted molar refractivity (Wildman–Crippen MR) is 68.4 cm³/mol.